The maximum atomic E-state index is 11.7. The molecule has 0 radical (unpaired) electrons. The molecule has 2 N–H and O–H groups in total. The van der Waals surface area contributed by atoms with Gasteiger partial charge in [0.1, 0.15) is 0 Å². The first-order valence-electron chi connectivity index (χ1n) is 8.00. The molecule has 0 aliphatic carbocycles. The lowest BCUT2D eigenvalue weighted by Gasteiger charge is -2.35. The van der Waals surface area contributed by atoms with Gasteiger partial charge in [-0.25, -0.2) is 4.79 Å². The van der Waals surface area contributed by atoms with Crippen LogP contribution in [-0.4, -0.2) is 65.6 Å². The number of ether oxygens (including phenoxy) is 1. The molecule has 0 bridgehead atoms. The van der Waals surface area contributed by atoms with Crippen molar-refractivity contribution in [2.45, 2.75) is 39.0 Å². The van der Waals surface area contributed by atoms with Gasteiger partial charge in [-0.05, 0) is 26.3 Å². The minimum absolute atomic E-state index is 0.102. The van der Waals surface area contributed by atoms with Gasteiger partial charge in [0.05, 0.1) is 12.2 Å². The molecule has 1 aromatic rings. The number of nitrogens with one attached hydrogen (secondary N) is 2. The Bertz CT molecular complexity index is 427. The first-order valence-corrected chi connectivity index (χ1v) is 8.00. The summed E-state index contributed by atoms with van der Waals surface area (Å²) in [4.78, 5) is 14.0. The Balaban J connectivity index is 1.50. The van der Waals surface area contributed by atoms with Gasteiger partial charge >= 0.3 is 6.03 Å². The van der Waals surface area contributed by atoms with Crippen molar-refractivity contribution in [1.82, 2.24) is 25.3 Å². The van der Waals surface area contributed by atoms with Gasteiger partial charge in [0.2, 0.25) is 0 Å². The summed E-state index contributed by atoms with van der Waals surface area (Å²) in [5.74, 6) is 0. The van der Waals surface area contributed by atoms with Gasteiger partial charge in [-0.3, -0.25) is 9.58 Å². The number of carbonyl (C=O) groups is 1. The highest BCUT2D eigenvalue weighted by Crippen LogP contribution is 2.09. The Morgan fingerprint density at radius 2 is 1.95 bits per heavy atom. The molecule has 2 rings (SSSR count). The molecule has 7 heteroatoms. The van der Waals surface area contributed by atoms with Gasteiger partial charge in [-0.1, -0.05) is 0 Å². The van der Waals surface area contributed by atoms with Crippen molar-refractivity contribution in [3.63, 3.8) is 0 Å². The van der Waals surface area contributed by atoms with Gasteiger partial charge < -0.3 is 15.4 Å². The van der Waals surface area contributed by atoms with Crippen LogP contribution in [-0.2, 0) is 11.3 Å². The van der Waals surface area contributed by atoms with Crippen molar-refractivity contribution in [2.75, 3.05) is 32.7 Å². The van der Waals surface area contributed by atoms with E-state index in [4.69, 9.17) is 4.74 Å². The average Bonchev–Trinajstić information content (AvgIpc) is 2.96. The maximum absolute atomic E-state index is 11.7. The van der Waals surface area contributed by atoms with E-state index in [1.165, 1.54) is 0 Å². The van der Waals surface area contributed by atoms with E-state index in [1.807, 2.05) is 16.9 Å². The Kier molecular flexibility index (Phi) is 6.67. The first-order chi connectivity index (χ1) is 10.6. The van der Waals surface area contributed by atoms with Gasteiger partial charge in [-0.15, -0.1) is 0 Å². The molecule has 0 aromatic carbocycles. The Labute approximate surface area is 132 Å². The van der Waals surface area contributed by atoms with E-state index in [2.05, 4.69) is 34.5 Å². The molecule has 1 aliphatic heterocycles. The monoisotopic (exact) mass is 309 g/mol. The van der Waals surface area contributed by atoms with Crippen LogP contribution in [0.25, 0.3) is 0 Å². The predicted molar refractivity (Wildman–Crippen MR) is 84.7 cm³/mol. The molecule has 1 aromatic heterocycles. The van der Waals surface area contributed by atoms with Crippen molar-refractivity contribution in [2.24, 2.45) is 0 Å². The first kappa shape index (κ1) is 16.8. The Hall–Kier alpha value is -1.60. The van der Waals surface area contributed by atoms with Crippen molar-refractivity contribution < 1.29 is 9.53 Å². The number of hydrogen-bond donors (Lipinski definition) is 2. The molecular formula is C15H27N5O2. The molecule has 22 heavy (non-hydrogen) atoms. The molecule has 0 saturated carbocycles. The summed E-state index contributed by atoms with van der Waals surface area (Å²) < 4.78 is 7.55. The van der Waals surface area contributed by atoms with E-state index in [0.29, 0.717) is 13.1 Å². The maximum Gasteiger partial charge on any atom is 0.314 e. The normalized spacial score (nSPS) is 22.5. The minimum atomic E-state index is -0.102. The topological polar surface area (TPSA) is 71.4 Å². The summed E-state index contributed by atoms with van der Waals surface area (Å²) in [6.45, 7) is 9.01. The summed E-state index contributed by atoms with van der Waals surface area (Å²) in [6, 6.07) is 1.79. The van der Waals surface area contributed by atoms with Crippen LogP contribution in [0.3, 0.4) is 0 Å². The minimum Gasteiger partial charge on any atom is -0.373 e. The summed E-state index contributed by atoms with van der Waals surface area (Å²) in [5.41, 5.74) is 0. The summed E-state index contributed by atoms with van der Waals surface area (Å²) in [7, 11) is 0. The van der Waals surface area contributed by atoms with Crippen LogP contribution in [0, 0.1) is 0 Å². The Morgan fingerprint density at radius 3 is 2.64 bits per heavy atom. The third kappa shape index (κ3) is 6.03. The highest BCUT2D eigenvalue weighted by atomic mass is 16.5. The van der Waals surface area contributed by atoms with Crippen LogP contribution in [0.4, 0.5) is 4.79 Å². The second-order valence-corrected chi connectivity index (χ2v) is 5.82. The number of urea groups is 1. The molecule has 7 nitrogen and oxygen atoms in total. The smallest absolute Gasteiger partial charge is 0.314 e. The number of rotatable bonds is 7. The third-order valence-electron chi connectivity index (χ3n) is 3.62. The van der Waals surface area contributed by atoms with Gasteiger partial charge in [0.15, 0.2) is 0 Å². The van der Waals surface area contributed by atoms with E-state index in [1.54, 1.807) is 6.20 Å². The number of carbonyl (C=O) groups excluding carboxylic acids is 1. The third-order valence-corrected chi connectivity index (χ3v) is 3.62. The number of amides is 2. The van der Waals surface area contributed by atoms with E-state index in [-0.39, 0.29) is 18.2 Å². The number of aryl methyl sites for hydroxylation is 1. The van der Waals surface area contributed by atoms with Crippen LogP contribution in [0.2, 0.25) is 0 Å². The van der Waals surface area contributed by atoms with Crippen LogP contribution in [0.5, 0.6) is 0 Å². The van der Waals surface area contributed by atoms with E-state index >= 15 is 0 Å². The van der Waals surface area contributed by atoms with Crippen LogP contribution in [0.1, 0.15) is 20.3 Å². The fourth-order valence-electron chi connectivity index (χ4n) is 2.73. The zero-order valence-corrected chi connectivity index (χ0v) is 13.5. The quantitative estimate of drug-likeness (QED) is 0.727. The standard InChI is InChI=1S/C15H27N5O2/c1-13-11-19(12-14(2)22-13)10-7-17-15(21)16-5-3-8-20-9-4-6-18-20/h4,6,9,13-14H,3,5,7-8,10-12H2,1-2H3,(H2,16,17,21). The molecule has 2 unspecified atom stereocenters. The highest BCUT2D eigenvalue weighted by Gasteiger charge is 2.21. The number of aromatic nitrogens is 2. The van der Waals surface area contributed by atoms with Crippen molar-refractivity contribution in [3.05, 3.63) is 18.5 Å². The zero-order chi connectivity index (χ0) is 15.8. The fourth-order valence-corrected chi connectivity index (χ4v) is 2.73. The molecule has 0 spiro atoms. The largest absolute Gasteiger partial charge is 0.373 e. The van der Waals surface area contributed by atoms with Crippen molar-refractivity contribution >= 4 is 6.03 Å². The average molecular weight is 309 g/mol. The van der Waals surface area contributed by atoms with E-state index in [9.17, 15) is 4.79 Å². The van der Waals surface area contributed by atoms with Gasteiger partial charge in [0.25, 0.3) is 0 Å². The molecule has 1 fully saturated rings. The summed E-state index contributed by atoms with van der Waals surface area (Å²) in [6.07, 6.45) is 5.07. The Morgan fingerprint density at radius 1 is 1.23 bits per heavy atom. The zero-order valence-electron chi connectivity index (χ0n) is 13.5. The summed E-state index contributed by atoms with van der Waals surface area (Å²) >= 11 is 0. The molecule has 2 atom stereocenters. The van der Waals surface area contributed by atoms with Crippen LogP contribution in [0.15, 0.2) is 18.5 Å². The van der Waals surface area contributed by atoms with Crippen molar-refractivity contribution in [3.8, 4) is 0 Å². The van der Waals surface area contributed by atoms with Crippen LogP contribution >= 0.6 is 0 Å². The van der Waals surface area contributed by atoms with Gasteiger partial charge in [-0.2, -0.15) is 5.10 Å². The number of morpholine rings is 1. The number of nitrogens with zero attached hydrogens (tertiary/aromatic N) is 3. The van der Waals surface area contributed by atoms with Crippen LogP contribution < -0.4 is 10.6 Å². The molecule has 2 amide bonds. The summed E-state index contributed by atoms with van der Waals surface area (Å²) in [5, 5.41) is 9.88. The molecular weight excluding hydrogens is 282 g/mol. The van der Waals surface area contributed by atoms with E-state index in [0.717, 1.165) is 32.6 Å². The second-order valence-electron chi connectivity index (χ2n) is 5.82. The lowest BCUT2D eigenvalue weighted by molar-refractivity contribution is -0.0672. The fraction of sp³-hybridized carbons (Fsp3) is 0.733. The van der Waals surface area contributed by atoms with Gasteiger partial charge in [0, 0.05) is 51.7 Å². The second kappa shape index (κ2) is 8.75. The SMILES string of the molecule is CC1CN(CCNC(=O)NCCCn2cccn2)CC(C)O1. The highest BCUT2D eigenvalue weighted by molar-refractivity contribution is 5.73. The van der Waals surface area contributed by atoms with E-state index < -0.39 is 0 Å². The molecule has 1 aliphatic rings. The molecule has 124 valence electrons. The number of hydrogen-bond acceptors (Lipinski definition) is 4. The lowest BCUT2D eigenvalue weighted by atomic mass is 10.2. The molecule has 1 saturated heterocycles. The lowest BCUT2D eigenvalue weighted by Crippen LogP contribution is -2.48. The molecule has 2 heterocycles. The predicted octanol–water partition coefficient (Wildman–Crippen LogP) is 0.682. The van der Waals surface area contributed by atoms with Crippen molar-refractivity contribution in [1.29, 1.82) is 0 Å².